The molecule has 2 rings (SSSR count). The van der Waals surface area contributed by atoms with Gasteiger partial charge in [-0.25, -0.2) is 9.97 Å². The molecule has 0 aliphatic carbocycles. The summed E-state index contributed by atoms with van der Waals surface area (Å²) in [5, 5.41) is 3.62. The fraction of sp³-hybridized carbons (Fsp3) is 0.667. The van der Waals surface area contributed by atoms with Crippen molar-refractivity contribution in [2.24, 2.45) is 0 Å². The predicted octanol–water partition coefficient (Wildman–Crippen LogP) is 1.45. The van der Waals surface area contributed by atoms with Crippen LogP contribution in [0.15, 0.2) is 18.7 Å². The second-order valence-electron chi connectivity index (χ2n) is 4.71. The van der Waals surface area contributed by atoms with Crippen LogP contribution in [-0.2, 0) is 0 Å². The second-order valence-corrected chi connectivity index (χ2v) is 4.71. The van der Waals surface area contributed by atoms with E-state index >= 15 is 0 Å². The van der Waals surface area contributed by atoms with Gasteiger partial charge >= 0.3 is 0 Å². The quantitative estimate of drug-likeness (QED) is 0.819. The fourth-order valence-corrected chi connectivity index (χ4v) is 2.13. The highest BCUT2D eigenvalue weighted by Gasteiger charge is 2.27. The fourth-order valence-electron chi connectivity index (χ4n) is 2.13. The first-order chi connectivity index (χ1) is 7.73. The van der Waals surface area contributed by atoms with Crippen molar-refractivity contribution in [3.05, 3.63) is 18.7 Å². The third kappa shape index (κ3) is 2.50. The minimum absolute atomic E-state index is 0.201. The molecule has 2 heterocycles. The highest BCUT2D eigenvalue weighted by atomic mass is 15.2. The normalized spacial score (nSPS) is 26.5. The van der Waals surface area contributed by atoms with Gasteiger partial charge in [0.1, 0.15) is 6.33 Å². The van der Waals surface area contributed by atoms with Crippen molar-refractivity contribution in [3.8, 4) is 0 Å². The second kappa shape index (κ2) is 4.78. The van der Waals surface area contributed by atoms with Crippen LogP contribution in [0.1, 0.15) is 26.7 Å². The minimum atomic E-state index is 0.201. The minimum Gasteiger partial charge on any atom is -0.367 e. The van der Waals surface area contributed by atoms with Crippen molar-refractivity contribution in [2.75, 3.05) is 24.5 Å². The Morgan fingerprint density at radius 1 is 1.44 bits per heavy atom. The van der Waals surface area contributed by atoms with Gasteiger partial charge in [0.05, 0.1) is 18.1 Å². The van der Waals surface area contributed by atoms with E-state index in [4.69, 9.17) is 0 Å². The predicted molar refractivity (Wildman–Crippen MR) is 65.6 cm³/mol. The molecule has 0 spiro atoms. The van der Waals surface area contributed by atoms with Crippen LogP contribution in [0.3, 0.4) is 0 Å². The summed E-state index contributed by atoms with van der Waals surface area (Å²) >= 11 is 0. The van der Waals surface area contributed by atoms with Crippen molar-refractivity contribution in [1.29, 1.82) is 0 Å². The lowest BCUT2D eigenvalue weighted by atomic mass is 9.98. The van der Waals surface area contributed by atoms with E-state index in [1.54, 1.807) is 6.33 Å². The van der Waals surface area contributed by atoms with Crippen LogP contribution in [0.4, 0.5) is 5.69 Å². The zero-order valence-electron chi connectivity index (χ0n) is 10.1. The van der Waals surface area contributed by atoms with Crippen molar-refractivity contribution in [1.82, 2.24) is 15.3 Å². The van der Waals surface area contributed by atoms with Gasteiger partial charge < -0.3 is 10.2 Å². The molecule has 88 valence electrons. The van der Waals surface area contributed by atoms with Crippen molar-refractivity contribution < 1.29 is 0 Å². The average molecular weight is 220 g/mol. The molecule has 4 nitrogen and oxygen atoms in total. The van der Waals surface area contributed by atoms with E-state index in [-0.39, 0.29) is 5.54 Å². The zero-order chi connectivity index (χ0) is 11.4. The molecule has 0 saturated carbocycles. The summed E-state index contributed by atoms with van der Waals surface area (Å²) in [7, 11) is 0. The summed E-state index contributed by atoms with van der Waals surface area (Å²) in [5.41, 5.74) is 1.33. The van der Waals surface area contributed by atoms with E-state index in [2.05, 4.69) is 34.0 Å². The maximum Gasteiger partial charge on any atom is 0.115 e. The number of nitrogens with one attached hydrogen (secondary N) is 1. The average Bonchev–Trinajstić information content (AvgIpc) is 2.53. The van der Waals surface area contributed by atoms with Crippen LogP contribution < -0.4 is 10.2 Å². The Labute approximate surface area is 97.1 Å². The highest BCUT2D eigenvalue weighted by molar-refractivity contribution is 5.42. The van der Waals surface area contributed by atoms with Crippen LogP contribution in [0.2, 0.25) is 0 Å². The Kier molecular flexibility index (Phi) is 3.39. The van der Waals surface area contributed by atoms with E-state index in [0.29, 0.717) is 0 Å². The van der Waals surface area contributed by atoms with Crippen LogP contribution in [0.25, 0.3) is 0 Å². The molecule has 1 atom stereocenters. The van der Waals surface area contributed by atoms with Crippen LogP contribution in [0.5, 0.6) is 0 Å². The Hall–Kier alpha value is -1.16. The van der Waals surface area contributed by atoms with Gasteiger partial charge in [0.15, 0.2) is 0 Å². The summed E-state index contributed by atoms with van der Waals surface area (Å²) in [6.07, 6.45) is 7.68. The summed E-state index contributed by atoms with van der Waals surface area (Å²) in [5.74, 6) is 0. The Balaban J connectivity index is 2.15. The van der Waals surface area contributed by atoms with Gasteiger partial charge in [-0.2, -0.15) is 0 Å². The molecule has 1 aliphatic heterocycles. The topological polar surface area (TPSA) is 41.1 Å². The summed E-state index contributed by atoms with van der Waals surface area (Å²) in [4.78, 5) is 10.6. The SMILES string of the molecule is CCC1(C)CN(c2cncnc2)CCCN1. The molecule has 1 N–H and O–H groups in total. The molecule has 1 saturated heterocycles. The Morgan fingerprint density at radius 2 is 2.19 bits per heavy atom. The molecule has 1 unspecified atom stereocenters. The summed E-state index contributed by atoms with van der Waals surface area (Å²) < 4.78 is 0. The van der Waals surface area contributed by atoms with E-state index in [1.165, 1.54) is 6.42 Å². The maximum absolute atomic E-state index is 4.09. The van der Waals surface area contributed by atoms with E-state index < -0.39 is 0 Å². The maximum atomic E-state index is 4.09. The highest BCUT2D eigenvalue weighted by Crippen LogP contribution is 2.20. The Morgan fingerprint density at radius 3 is 2.88 bits per heavy atom. The Bertz CT molecular complexity index is 327. The molecule has 1 aromatic rings. The number of nitrogens with zero attached hydrogens (tertiary/aromatic N) is 3. The van der Waals surface area contributed by atoms with Gasteiger partial charge in [0.2, 0.25) is 0 Å². The molecule has 4 heteroatoms. The van der Waals surface area contributed by atoms with Crippen LogP contribution in [0, 0.1) is 0 Å². The monoisotopic (exact) mass is 220 g/mol. The van der Waals surface area contributed by atoms with Gasteiger partial charge in [-0.1, -0.05) is 6.92 Å². The van der Waals surface area contributed by atoms with Crippen molar-refractivity contribution >= 4 is 5.69 Å². The number of anilines is 1. The van der Waals surface area contributed by atoms with Gasteiger partial charge in [-0.15, -0.1) is 0 Å². The molecule has 0 amide bonds. The molecule has 16 heavy (non-hydrogen) atoms. The zero-order valence-corrected chi connectivity index (χ0v) is 10.1. The number of hydrogen-bond donors (Lipinski definition) is 1. The third-order valence-electron chi connectivity index (χ3n) is 3.39. The lowest BCUT2D eigenvalue weighted by Gasteiger charge is -2.33. The summed E-state index contributed by atoms with van der Waals surface area (Å²) in [6.45, 7) is 7.72. The van der Waals surface area contributed by atoms with Crippen LogP contribution >= 0.6 is 0 Å². The van der Waals surface area contributed by atoms with Gasteiger partial charge in [0.25, 0.3) is 0 Å². The van der Waals surface area contributed by atoms with Crippen LogP contribution in [-0.4, -0.2) is 35.1 Å². The lowest BCUT2D eigenvalue weighted by molar-refractivity contribution is 0.366. The molecule has 1 aromatic heterocycles. The molecular weight excluding hydrogens is 200 g/mol. The van der Waals surface area contributed by atoms with Gasteiger partial charge in [-0.3, -0.25) is 0 Å². The summed E-state index contributed by atoms with van der Waals surface area (Å²) in [6, 6.07) is 0. The smallest absolute Gasteiger partial charge is 0.115 e. The van der Waals surface area contributed by atoms with Gasteiger partial charge in [-0.05, 0) is 26.3 Å². The first-order valence-electron chi connectivity index (χ1n) is 5.98. The molecule has 0 radical (unpaired) electrons. The van der Waals surface area contributed by atoms with Crippen molar-refractivity contribution in [2.45, 2.75) is 32.2 Å². The number of hydrogen-bond acceptors (Lipinski definition) is 4. The molecule has 1 fully saturated rings. The molecule has 1 aliphatic rings. The first-order valence-corrected chi connectivity index (χ1v) is 5.98. The number of aromatic nitrogens is 2. The molecule has 0 bridgehead atoms. The molecular formula is C12H20N4. The first kappa shape index (κ1) is 11.3. The van der Waals surface area contributed by atoms with E-state index in [9.17, 15) is 0 Å². The largest absolute Gasteiger partial charge is 0.367 e. The van der Waals surface area contributed by atoms with E-state index in [0.717, 1.165) is 31.7 Å². The molecule has 0 aromatic carbocycles. The third-order valence-corrected chi connectivity index (χ3v) is 3.39. The standard InChI is InChI=1S/C12H20N4/c1-3-12(2)9-16(6-4-5-15-12)11-7-13-10-14-8-11/h7-8,10,15H,3-6,9H2,1-2H3. The van der Waals surface area contributed by atoms with Crippen molar-refractivity contribution in [3.63, 3.8) is 0 Å². The lowest BCUT2D eigenvalue weighted by Crippen LogP contribution is -2.48. The van der Waals surface area contributed by atoms with Gasteiger partial charge in [0, 0.05) is 18.6 Å². The van der Waals surface area contributed by atoms with E-state index in [1.807, 2.05) is 12.4 Å². The number of rotatable bonds is 2.